The third-order valence-corrected chi connectivity index (χ3v) is 5.79. The van der Waals surface area contributed by atoms with Gasteiger partial charge < -0.3 is 15.5 Å². The van der Waals surface area contributed by atoms with Crippen molar-refractivity contribution in [1.82, 2.24) is 5.32 Å². The molecule has 0 bridgehead atoms. The first-order chi connectivity index (χ1) is 15.5. The molecule has 0 saturated heterocycles. The van der Waals surface area contributed by atoms with Crippen molar-refractivity contribution in [2.24, 2.45) is 0 Å². The topological polar surface area (TPSA) is 69.6 Å². The highest BCUT2D eigenvalue weighted by atomic mass is 35.5. The van der Waals surface area contributed by atoms with Crippen LogP contribution in [0.5, 0.6) is 0 Å². The van der Waals surface area contributed by atoms with Crippen LogP contribution in [0.1, 0.15) is 27.6 Å². The van der Waals surface area contributed by atoms with E-state index in [0.717, 1.165) is 40.4 Å². The van der Waals surface area contributed by atoms with E-state index in [0.29, 0.717) is 17.1 Å². The Kier molecular flexibility index (Phi) is 6.86. The van der Waals surface area contributed by atoms with Crippen molar-refractivity contribution in [3.63, 3.8) is 0 Å². The zero-order valence-electron chi connectivity index (χ0n) is 17.5. The molecule has 4 nitrogen and oxygen atoms in total. The number of hydrogen-bond donors (Lipinski definition) is 3. The Morgan fingerprint density at radius 2 is 1.66 bits per heavy atom. The van der Waals surface area contributed by atoms with E-state index in [2.05, 4.69) is 29.6 Å². The number of benzene rings is 4. The lowest BCUT2D eigenvalue weighted by Crippen LogP contribution is -2.23. The Morgan fingerprint density at radius 3 is 2.41 bits per heavy atom. The first-order valence-electron chi connectivity index (χ1n) is 10.5. The van der Waals surface area contributed by atoms with E-state index in [1.807, 2.05) is 36.4 Å². The second-order valence-corrected chi connectivity index (χ2v) is 8.20. The Balaban J connectivity index is 1.35. The number of carbonyl (C=O) groups is 1. The smallest absolute Gasteiger partial charge is 0.336 e. The van der Waals surface area contributed by atoms with Crippen LogP contribution in [0, 0.1) is 0 Å². The van der Waals surface area contributed by atoms with Crippen LogP contribution in [0.25, 0.3) is 21.9 Å². The maximum Gasteiger partial charge on any atom is 0.336 e. The molecule has 0 aliphatic carbocycles. The maximum absolute atomic E-state index is 11.4. The molecule has 0 radical (unpaired) electrons. The zero-order chi connectivity index (χ0) is 22.5. The minimum Gasteiger partial charge on any atom is -0.478 e. The summed E-state index contributed by atoms with van der Waals surface area (Å²) in [6.45, 7) is 1.22. The molecule has 0 unspecified atom stereocenters. The van der Waals surface area contributed by atoms with Crippen molar-refractivity contribution in [2.75, 3.05) is 13.1 Å². The van der Waals surface area contributed by atoms with Crippen molar-refractivity contribution < 1.29 is 15.0 Å². The minimum absolute atomic E-state index is 0.317. The van der Waals surface area contributed by atoms with Crippen LogP contribution in [0.2, 0.25) is 5.02 Å². The van der Waals surface area contributed by atoms with E-state index in [1.165, 1.54) is 5.56 Å². The van der Waals surface area contributed by atoms with Crippen LogP contribution < -0.4 is 5.32 Å². The number of halogens is 1. The zero-order valence-corrected chi connectivity index (χ0v) is 18.2. The van der Waals surface area contributed by atoms with Crippen LogP contribution in [0.15, 0.2) is 84.9 Å². The van der Waals surface area contributed by atoms with Crippen molar-refractivity contribution in [2.45, 2.75) is 12.5 Å². The molecule has 4 rings (SSSR count). The van der Waals surface area contributed by atoms with Gasteiger partial charge in [0.25, 0.3) is 0 Å². The molecule has 4 aromatic rings. The Hall–Kier alpha value is -3.18. The number of nitrogens with one attached hydrogen (secondary N) is 1. The van der Waals surface area contributed by atoms with Gasteiger partial charge in [-0.2, -0.15) is 0 Å². The molecule has 3 N–H and O–H groups in total. The summed E-state index contributed by atoms with van der Waals surface area (Å²) in [4.78, 5) is 11.4. The monoisotopic (exact) mass is 445 g/mol. The van der Waals surface area contributed by atoms with Gasteiger partial charge in [0.1, 0.15) is 0 Å². The van der Waals surface area contributed by atoms with Gasteiger partial charge in [-0.15, -0.1) is 0 Å². The third-order valence-electron chi connectivity index (χ3n) is 5.56. The Morgan fingerprint density at radius 1 is 0.906 bits per heavy atom. The summed E-state index contributed by atoms with van der Waals surface area (Å²) >= 11 is 5.98. The molecule has 0 heterocycles. The van der Waals surface area contributed by atoms with E-state index in [-0.39, 0.29) is 0 Å². The summed E-state index contributed by atoms with van der Waals surface area (Å²) in [5, 5.41) is 25.2. The van der Waals surface area contributed by atoms with Crippen molar-refractivity contribution in [3.8, 4) is 11.1 Å². The summed E-state index contributed by atoms with van der Waals surface area (Å²) in [5.41, 5.74) is 4.46. The molecule has 0 spiro atoms. The third kappa shape index (κ3) is 5.17. The number of aliphatic hydroxyl groups excluding tert-OH is 1. The molecule has 0 saturated carbocycles. The number of hydrogen-bond acceptors (Lipinski definition) is 3. The fraction of sp³-hybridized carbons (Fsp3) is 0.148. The summed E-state index contributed by atoms with van der Waals surface area (Å²) in [5.74, 6) is -0.915. The first kappa shape index (κ1) is 22.0. The van der Waals surface area contributed by atoms with Gasteiger partial charge in [-0.05, 0) is 70.3 Å². The fourth-order valence-corrected chi connectivity index (χ4v) is 4.02. The van der Waals surface area contributed by atoms with Gasteiger partial charge in [0.05, 0.1) is 11.7 Å². The van der Waals surface area contributed by atoms with Gasteiger partial charge in [-0.3, -0.25) is 0 Å². The quantitative estimate of drug-likeness (QED) is 0.303. The molecule has 32 heavy (non-hydrogen) atoms. The second-order valence-electron chi connectivity index (χ2n) is 7.77. The molecule has 4 aromatic carbocycles. The largest absolute Gasteiger partial charge is 0.478 e. The van der Waals surface area contributed by atoms with Crippen molar-refractivity contribution in [1.29, 1.82) is 0 Å². The summed E-state index contributed by atoms with van der Waals surface area (Å²) in [6.07, 6.45) is 0.257. The fourth-order valence-electron chi connectivity index (χ4n) is 3.82. The van der Waals surface area contributed by atoms with Crippen molar-refractivity contribution >= 4 is 28.3 Å². The lowest BCUT2D eigenvalue weighted by atomic mass is 9.97. The average molecular weight is 446 g/mol. The van der Waals surface area contributed by atoms with Crippen LogP contribution in [-0.2, 0) is 6.42 Å². The maximum atomic E-state index is 11.4. The minimum atomic E-state index is -0.915. The van der Waals surface area contributed by atoms with E-state index >= 15 is 0 Å². The highest BCUT2D eigenvalue weighted by Gasteiger charge is 2.09. The van der Waals surface area contributed by atoms with Gasteiger partial charge in [-0.1, -0.05) is 72.3 Å². The van der Waals surface area contributed by atoms with Crippen LogP contribution in [-0.4, -0.2) is 29.3 Å². The lowest BCUT2D eigenvalue weighted by Gasteiger charge is -2.13. The lowest BCUT2D eigenvalue weighted by molar-refractivity contribution is 0.0699. The molecule has 5 heteroatoms. The highest BCUT2D eigenvalue weighted by Crippen LogP contribution is 2.27. The molecule has 1 atom stereocenters. The number of carboxylic acid groups (broad SMARTS) is 1. The molecular weight excluding hydrogens is 422 g/mol. The number of rotatable bonds is 8. The Labute approximate surface area is 192 Å². The van der Waals surface area contributed by atoms with Crippen LogP contribution in [0.4, 0.5) is 0 Å². The number of aromatic carboxylic acids is 1. The predicted molar refractivity (Wildman–Crippen MR) is 129 cm³/mol. The molecule has 162 valence electrons. The highest BCUT2D eigenvalue weighted by molar-refractivity contribution is 6.30. The van der Waals surface area contributed by atoms with Gasteiger partial charge in [0.15, 0.2) is 0 Å². The van der Waals surface area contributed by atoms with E-state index in [4.69, 9.17) is 11.6 Å². The predicted octanol–water partition coefficient (Wildman–Crippen LogP) is 5.72. The molecule has 0 aliphatic heterocycles. The van der Waals surface area contributed by atoms with E-state index in [1.54, 1.807) is 24.3 Å². The molecule has 0 fully saturated rings. The molecular formula is C27H24ClNO3. The van der Waals surface area contributed by atoms with Gasteiger partial charge in [0.2, 0.25) is 0 Å². The standard InChI is InChI=1S/C27H24ClNO3/c28-23-5-1-4-22(16-23)26(30)17-29-14-13-18-7-9-19(10-8-18)20-11-12-24-21(15-20)3-2-6-25(24)27(31)32/h1-12,15-16,26,29-30H,13-14,17H2,(H,31,32)/t26-/m0/s1. The first-order valence-corrected chi connectivity index (χ1v) is 10.9. The Bertz CT molecular complexity index is 1240. The number of aliphatic hydroxyl groups is 1. The van der Waals surface area contributed by atoms with Crippen LogP contribution >= 0.6 is 11.6 Å². The SMILES string of the molecule is O=C(O)c1cccc2cc(-c3ccc(CCNC[C@H](O)c4cccc(Cl)c4)cc3)ccc12. The summed E-state index contributed by atoms with van der Waals surface area (Å²) in [6, 6.07) is 26.8. The summed E-state index contributed by atoms with van der Waals surface area (Å²) in [7, 11) is 0. The van der Waals surface area contributed by atoms with E-state index in [9.17, 15) is 15.0 Å². The molecule has 0 aliphatic rings. The van der Waals surface area contributed by atoms with Crippen LogP contribution in [0.3, 0.4) is 0 Å². The van der Waals surface area contributed by atoms with Gasteiger partial charge in [0, 0.05) is 11.6 Å². The number of fused-ring (bicyclic) bond motifs is 1. The normalized spacial score (nSPS) is 12.1. The van der Waals surface area contributed by atoms with E-state index < -0.39 is 12.1 Å². The molecule has 0 amide bonds. The number of carboxylic acids is 1. The van der Waals surface area contributed by atoms with Crippen molar-refractivity contribution in [3.05, 3.63) is 107 Å². The van der Waals surface area contributed by atoms with Gasteiger partial charge >= 0.3 is 5.97 Å². The second kappa shape index (κ2) is 9.96. The van der Waals surface area contributed by atoms with Gasteiger partial charge in [-0.25, -0.2) is 4.79 Å². The summed E-state index contributed by atoms with van der Waals surface area (Å²) < 4.78 is 0. The average Bonchev–Trinajstić information content (AvgIpc) is 2.81. The molecule has 0 aromatic heterocycles.